The van der Waals surface area contributed by atoms with E-state index in [4.69, 9.17) is 5.26 Å². The number of aliphatic hydroxyl groups excluding tert-OH is 2. The van der Waals surface area contributed by atoms with E-state index in [-0.39, 0.29) is 12.2 Å². The fraction of sp³-hybridized carbons (Fsp3) is 0.346. The molecule has 0 aliphatic carbocycles. The maximum absolute atomic E-state index is 14.6. The lowest BCUT2D eigenvalue weighted by molar-refractivity contribution is 0.0577. The highest BCUT2D eigenvalue weighted by atomic mass is 19.1. The summed E-state index contributed by atoms with van der Waals surface area (Å²) in [6.45, 7) is 1.58. The van der Waals surface area contributed by atoms with Crippen molar-refractivity contribution in [3.63, 3.8) is 0 Å². The normalized spacial score (nSPS) is 19.5. The molecule has 0 saturated carbocycles. The van der Waals surface area contributed by atoms with Crippen LogP contribution in [0.1, 0.15) is 35.1 Å². The Morgan fingerprint density at radius 3 is 2.36 bits per heavy atom. The molecule has 1 atom stereocenters. The van der Waals surface area contributed by atoms with Crippen LogP contribution < -0.4 is 5.32 Å². The summed E-state index contributed by atoms with van der Waals surface area (Å²) in [5, 5.41) is 33.1. The van der Waals surface area contributed by atoms with Gasteiger partial charge in [0.05, 0.1) is 23.6 Å². The Labute approximate surface area is 193 Å². The van der Waals surface area contributed by atoms with Crippen molar-refractivity contribution < 1.29 is 14.6 Å². The van der Waals surface area contributed by atoms with Crippen LogP contribution in [0.4, 0.5) is 4.39 Å². The minimum atomic E-state index is -0.851. The highest BCUT2D eigenvalue weighted by Crippen LogP contribution is 2.38. The Hall–Kier alpha value is -3.18. The number of halogens is 1. The molecule has 1 unspecified atom stereocenters. The lowest BCUT2D eigenvalue weighted by Gasteiger charge is -2.42. The summed E-state index contributed by atoms with van der Waals surface area (Å²) in [7, 11) is 3.80. The number of aliphatic hydroxyl groups is 2. The smallest absolute Gasteiger partial charge is 0.168 e. The first kappa shape index (κ1) is 23.0. The third-order valence-corrected chi connectivity index (χ3v) is 6.61. The molecular formula is C26H29FN4O2. The summed E-state index contributed by atoms with van der Waals surface area (Å²) >= 11 is 0. The van der Waals surface area contributed by atoms with Crippen LogP contribution in [-0.4, -0.2) is 59.5 Å². The Morgan fingerprint density at radius 2 is 1.79 bits per heavy atom. The molecular weight excluding hydrogens is 419 g/mol. The van der Waals surface area contributed by atoms with E-state index in [9.17, 15) is 14.6 Å². The number of nitriles is 1. The number of benzene rings is 2. The number of hydrogen-bond acceptors (Lipinski definition) is 6. The van der Waals surface area contributed by atoms with Crippen molar-refractivity contribution in [1.29, 1.82) is 5.26 Å². The maximum Gasteiger partial charge on any atom is 0.168 e. The maximum atomic E-state index is 14.6. The predicted molar refractivity (Wildman–Crippen MR) is 126 cm³/mol. The Balaban J connectivity index is 1.84. The van der Waals surface area contributed by atoms with E-state index in [1.54, 1.807) is 11.0 Å². The van der Waals surface area contributed by atoms with Gasteiger partial charge in [-0.3, -0.25) is 0 Å². The Kier molecular flexibility index (Phi) is 6.80. The van der Waals surface area contributed by atoms with E-state index >= 15 is 0 Å². The molecule has 2 aliphatic heterocycles. The fourth-order valence-electron chi connectivity index (χ4n) is 4.60. The first-order valence-electron chi connectivity index (χ1n) is 11.2. The average Bonchev–Trinajstić information content (AvgIpc) is 2.85. The van der Waals surface area contributed by atoms with Gasteiger partial charge in [0.15, 0.2) is 6.23 Å². The number of piperidine rings is 1. The van der Waals surface area contributed by atoms with Crippen molar-refractivity contribution >= 4 is 11.3 Å². The van der Waals surface area contributed by atoms with Crippen molar-refractivity contribution in [2.75, 3.05) is 27.2 Å². The van der Waals surface area contributed by atoms with Gasteiger partial charge in [0, 0.05) is 31.8 Å². The zero-order chi connectivity index (χ0) is 23.5. The molecule has 2 aromatic rings. The van der Waals surface area contributed by atoms with Crippen LogP contribution in [0.15, 0.2) is 54.2 Å². The largest absolute Gasteiger partial charge is 0.392 e. The van der Waals surface area contributed by atoms with Gasteiger partial charge in [-0.25, -0.2) is 4.39 Å². The Morgan fingerprint density at radius 1 is 1.12 bits per heavy atom. The van der Waals surface area contributed by atoms with Crippen molar-refractivity contribution in [2.45, 2.75) is 31.7 Å². The molecule has 0 bridgehead atoms. The molecule has 3 N–H and O–H groups in total. The van der Waals surface area contributed by atoms with Gasteiger partial charge in [0.2, 0.25) is 0 Å². The SMILES string of the molecule is CNC1CCN(C2=CC(c3ccc(C#N)c(F)c3)=C(c3ccc(CO)cc3)N(C)C2O)CC1. The van der Waals surface area contributed by atoms with Gasteiger partial charge in [-0.05, 0) is 54.8 Å². The highest BCUT2D eigenvalue weighted by molar-refractivity contribution is 5.96. The zero-order valence-corrected chi connectivity index (χ0v) is 18.9. The van der Waals surface area contributed by atoms with Crippen molar-refractivity contribution in [2.24, 2.45) is 0 Å². The topological polar surface area (TPSA) is 82.8 Å². The number of likely N-dealkylation sites (N-methyl/N-ethyl adjacent to an activating group) is 1. The van der Waals surface area contributed by atoms with E-state index in [0.29, 0.717) is 11.6 Å². The number of rotatable bonds is 5. The third kappa shape index (κ3) is 4.51. The van der Waals surface area contributed by atoms with Crippen LogP contribution in [0.25, 0.3) is 11.3 Å². The lowest BCUT2D eigenvalue weighted by atomic mass is 9.92. The monoisotopic (exact) mass is 448 g/mol. The molecule has 7 heteroatoms. The summed E-state index contributed by atoms with van der Waals surface area (Å²) in [4.78, 5) is 4.00. The van der Waals surface area contributed by atoms with Gasteiger partial charge in [-0.15, -0.1) is 0 Å². The highest BCUT2D eigenvalue weighted by Gasteiger charge is 2.32. The molecule has 1 saturated heterocycles. The summed E-state index contributed by atoms with van der Waals surface area (Å²) < 4.78 is 14.6. The van der Waals surface area contributed by atoms with Gasteiger partial charge in [-0.1, -0.05) is 30.3 Å². The second-order valence-corrected chi connectivity index (χ2v) is 8.53. The van der Waals surface area contributed by atoms with Gasteiger partial charge in [-0.2, -0.15) is 5.26 Å². The summed E-state index contributed by atoms with van der Waals surface area (Å²) in [6, 6.07) is 14.4. The number of hydrogen-bond donors (Lipinski definition) is 3. The van der Waals surface area contributed by atoms with Crippen LogP contribution in [0.3, 0.4) is 0 Å². The number of nitrogens with zero attached hydrogens (tertiary/aromatic N) is 3. The molecule has 2 aromatic carbocycles. The van der Waals surface area contributed by atoms with Crippen LogP contribution in [0.2, 0.25) is 0 Å². The van der Waals surface area contributed by atoms with Gasteiger partial charge in [0.25, 0.3) is 0 Å². The summed E-state index contributed by atoms with van der Waals surface area (Å²) in [5.74, 6) is -0.573. The van der Waals surface area contributed by atoms with Crippen molar-refractivity contribution in [3.05, 3.63) is 82.3 Å². The molecule has 33 heavy (non-hydrogen) atoms. The molecule has 1 fully saturated rings. The van der Waals surface area contributed by atoms with Crippen LogP contribution in [0.5, 0.6) is 0 Å². The minimum Gasteiger partial charge on any atom is -0.392 e. The quantitative estimate of drug-likeness (QED) is 0.653. The second-order valence-electron chi connectivity index (χ2n) is 8.53. The number of likely N-dealkylation sites (tertiary alicyclic amines) is 1. The molecule has 0 amide bonds. The first-order valence-corrected chi connectivity index (χ1v) is 11.2. The van der Waals surface area contributed by atoms with E-state index < -0.39 is 12.0 Å². The molecule has 2 heterocycles. The van der Waals surface area contributed by atoms with Crippen LogP contribution in [-0.2, 0) is 6.61 Å². The molecule has 0 radical (unpaired) electrons. The standard InChI is InChI=1S/C26H29FN4O2/c1-29-21-9-11-31(12-10-21)24-14-22(19-7-8-20(15-28)23(27)13-19)25(30(2)26(24)33)18-5-3-17(16-32)4-6-18/h3-8,13-14,21,26,29,32-33H,9-12,16H2,1-2H3. The number of nitrogens with one attached hydrogen (secondary N) is 1. The van der Waals surface area contributed by atoms with Gasteiger partial charge < -0.3 is 25.3 Å². The Bertz CT molecular complexity index is 1110. The minimum absolute atomic E-state index is 0.00395. The molecule has 4 rings (SSSR count). The van der Waals surface area contributed by atoms with Crippen molar-refractivity contribution in [1.82, 2.24) is 15.1 Å². The van der Waals surface area contributed by atoms with E-state index in [1.165, 1.54) is 12.1 Å². The first-order chi connectivity index (χ1) is 16.0. The summed E-state index contributed by atoms with van der Waals surface area (Å²) in [6.07, 6.45) is 3.05. The lowest BCUT2D eigenvalue weighted by Crippen LogP contribution is -2.46. The van der Waals surface area contributed by atoms with E-state index in [1.807, 2.05) is 50.5 Å². The third-order valence-electron chi connectivity index (χ3n) is 6.61. The van der Waals surface area contributed by atoms with Crippen LogP contribution >= 0.6 is 0 Å². The summed E-state index contributed by atoms with van der Waals surface area (Å²) in [5.41, 5.74) is 4.57. The van der Waals surface area contributed by atoms with Gasteiger partial charge >= 0.3 is 0 Å². The molecule has 172 valence electrons. The zero-order valence-electron chi connectivity index (χ0n) is 18.9. The fourth-order valence-corrected chi connectivity index (χ4v) is 4.60. The van der Waals surface area contributed by atoms with Crippen molar-refractivity contribution in [3.8, 4) is 6.07 Å². The molecule has 0 aromatic heterocycles. The molecule has 0 spiro atoms. The second kappa shape index (κ2) is 9.75. The number of allylic oxidation sites excluding steroid dienone is 2. The van der Waals surface area contributed by atoms with Gasteiger partial charge in [0.1, 0.15) is 11.9 Å². The predicted octanol–water partition coefficient (Wildman–Crippen LogP) is 2.89. The average molecular weight is 449 g/mol. The van der Waals surface area contributed by atoms with E-state index in [0.717, 1.165) is 54.0 Å². The van der Waals surface area contributed by atoms with E-state index in [2.05, 4.69) is 10.2 Å². The molecule has 6 nitrogen and oxygen atoms in total. The molecule has 2 aliphatic rings. The van der Waals surface area contributed by atoms with Crippen LogP contribution in [0, 0.1) is 17.1 Å².